The van der Waals surface area contributed by atoms with E-state index in [1.807, 2.05) is 0 Å². The summed E-state index contributed by atoms with van der Waals surface area (Å²) in [4.78, 5) is 137. The van der Waals surface area contributed by atoms with E-state index in [0.717, 1.165) is 54.7 Å². The van der Waals surface area contributed by atoms with Gasteiger partial charge in [0.2, 0.25) is 11.4 Å². The molecule has 4 heterocycles. The summed E-state index contributed by atoms with van der Waals surface area (Å²) in [5.41, 5.74) is -14.4. The quantitative estimate of drug-likeness (QED) is 0.179. The molecule has 1 N–H and O–H groups in total. The van der Waals surface area contributed by atoms with Gasteiger partial charge in [-0.25, -0.2) is 19.2 Å². The van der Waals surface area contributed by atoms with Gasteiger partial charge in [-0.15, -0.1) is 0 Å². The van der Waals surface area contributed by atoms with Crippen LogP contribution in [0.25, 0.3) is 0 Å². The average molecular weight is 1110 g/mol. The third-order valence-corrected chi connectivity index (χ3v) is 14.9. The van der Waals surface area contributed by atoms with Crippen LogP contribution in [-0.4, -0.2) is 162 Å². The zero-order chi connectivity index (χ0) is 58.3. The van der Waals surface area contributed by atoms with Gasteiger partial charge in [0.1, 0.15) is 42.0 Å². The maximum absolute atomic E-state index is 15.3. The maximum Gasteiger partial charge on any atom is 0.350 e. The van der Waals surface area contributed by atoms with Gasteiger partial charge in [0.15, 0.2) is 41.5 Å². The highest BCUT2D eigenvalue weighted by atomic mass is 16.7. The monoisotopic (exact) mass is 1110 g/mol. The van der Waals surface area contributed by atoms with Gasteiger partial charge in [0.25, 0.3) is 0 Å². The van der Waals surface area contributed by atoms with E-state index in [0.29, 0.717) is 0 Å². The molecule has 3 aromatic rings. The fourth-order valence-electron chi connectivity index (χ4n) is 11.5. The lowest BCUT2D eigenvalue weighted by atomic mass is 9.45. The summed E-state index contributed by atoms with van der Waals surface area (Å²) in [7, 11) is 3.84. The molecule has 1 aromatic carbocycles. The normalized spacial score (nSPS) is 30.8. The van der Waals surface area contributed by atoms with Gasteiger partial charge in [0, 0.05) is 52.2 Å². The highest BCUT2D eigenvalue weighted by molar-refractivity contribution is 5.92. The van der Waals surface area contributed by atoms with Gasteiger partial charge >= 0.3 is 53.7 Å². The van der Waals surface area contributed by atoms with Gasteiger partial charge in [-0.1, -0.05) is 13.8 Å². The van der Waals surface area contributed by atoms with Crippen molar-refractivity contribution in [3.05, 3.63) is 77.4 Å². The SMILES string of the molecule is COc1cc(C(=O)O[C@@H]2[C@@H]3[C@@H](OC(C)=O)[C@@]45O[C@@]3(C)COC(=O)c3cccnc3[C@@H](C)[C@H](C)C(=O)O[C@@H]([C@H](OC(C)=O)[C@H](OC(C)=O)[C@@]4(COC(=O)c3cccnc3)[C@@H]2OC(=O)C(C)(C)OC(C)=O)[C@@]5(C)O)cc(OC)c1OC. The van der Waals surface area contributed by atoms with Crippen LogP contribution in [0.15, 0.2) is 55.0 Å². The number of hydrogen-bond donors (Lipinski definition) is 1. The number of methoxy groups -OCH3 is 3. The molecule has 1 spiro atoms. The minimum absolute atomic E-state index is 0.0383. The second kappa shape index (κ2) is 22.1. The van der Waals surface area contributed by atoms with Crippen LogP contribution in [0.1, 0.15) is 112 Å². The Morgan fingerprint density at radius 2 is 1.34 bits per heavy atom. The Kier molecular flexibility index (Phi) is 16.4. The van der Waals surface area contributed by atoms with E-state index in [9.17, 15) is 38.7 Å². The van der Waals surface area contributed by atoms with Crippen LogP contribution < -0.4 is 14.2 Å². The van der Waals surface area contributed by atoms with Crippen LogP contribution in [-0.2, 0) is 76.1 Å². The van der Waals surface area contributed by atoms with Gasteiger partial charge < -0.3 is 66.7 Å². The molecule has 7 rings (SSSR count). The molecule has 3 fully saturated rings. The summed E-state index contributed by atoms with van der Waals surface area (Å²) in [6.07, 6.45) is -10.0. The third kappa shape index (κ3) is 10.2. The number of nitrogens with zero attached hydrogens (tertiary/aromatic N) is 2. The molecule has 2 saturated carbocycles. The van der Waals surface area contributed by atoms with Crippen molar-refractivity contribution in [1.82, 2.24) is 9.97 Å². The van der Waals surface area contributed by atoms with Crippen LogP contribution in [0.4, 0.5) is 0 Å². The molecule has 2 aliphatic heterocycles. The number of benzene rings is 1. The second-order valence-corrected chi connectivity index (χ2v) is 20.5. The van der Waals surface area contributed by atoms with Crippen LogP contribution >= 0.6 is 0 Å². The summed E-state index contributed by atoms with van der Waals surface area (Å²) in [6.45, 7) is 9.08. The van der Waals surface area contributed by atoms with E-state index in [-0.39, 0.29) is 39.6 Å². The Morgan fingerprint density at radius 3 is 1.91 bits per heavy atom. The van der Waals surface area contributed by atoms with Crippen molar-refractivity contribution in [3.63, 3.8) is 0 Å². The highest BCUT2D eigenvalue weighted by Gasteiger charge is 2.92. The van der Waals surface area contributed by atoms with Crippen molar-refractivity contribution in [1.29, 1.82) is 0 Å². The number of hydrogen-bond acceptors (Lipinski definition) is 25. The Morgan fingerprint density at radius 1 is 0.734 bits per heavy atom. The minimum atomic E-state index is -3.08. The zero-order valence-corrected chi connectivity index (χ0v) is 45.6. The molecule has 0 radical (unpaired) electrons. The van der Waals surface area contributed by atoms with E-state index in [2.05, 4.69) is 9.97 Å². The molecule has 0 unspecified atom stereocenters. The number of aliphatic hydroxyl groups is 1. The van der Waals surface area contributed by atoms with Crippen molar-refractivity contribution in [2.45, 2.75) is 134 Å². The predicted molar refractivity (Wildman–Crippen MR) is 263 cm³/mol. The topological polar surface area (TPSA) is 320 Å². The summed E-state index contributed by atoms with van der Waals surface area (Å²) >= 11 is 0. The van der Waals surface area contributed by atoms with E-state index >= 15 is 9.59 Å². The van der Waals surface area contributed by atoms with Gasteiger partial charge in [-0.3, -0.25) is 33.9 Å². The number of carbonyl (C=O) groups excluding carboxylic acids is 9. The molecule has 4 aliphatic rings. The molecule has 25 nitrogen and oxygen atoms in total. The molecule has 4 bridgehead atoms. The number of aromatic nitrogens is 2. The number of pyridine rings is 2. The smallest absolute Gasteiger partial charge is 0.350 e. The Labute approximate surface area is 453 Å². The Hall–Kier alpha value is -7.93. The Bertz CT molecular complexity index is 2900. The number of carbonyl (C=O) groups is 9. The molecule has 1 saturated heterocycles. The fraction of sp³-hybridized carbons (Fsp3) is 0.537. The first-order chi connectivity index (χ1) is 37.1. The molecule has 2 aliphatic carbocycles. The molecule has 25 heteroatoms. The first kappa shape index (κ1) is 58.7. The van der Waals surface area contributed by atoms with E-state index < -0.39 is 149 Å². The molecule has 79 heavy (non-hydrogen) atoms. The summed E-state index contributed by atoms with van der Waals surface area (Å²) < 4.78 is 79.5. The van der Waals surface area contributed by atoms with Crippen LogP contribution in [0.2, 0.25) is 0 Å². The van der Waals surface area contributed by atoms with Gasteiger partial charge in [0.05, 0.1) is 55.5 Å². The molecule has 426 valence electrons. The Balaban J connectivity index is 1.68. The number of esters is 9. The van der Waals surface area contributed by atoms with Crippen molar-refractivity contribution in [2.75, 3.05) is 34.5 Å². The fourth-order valence-corrected chi connectivity index (χ4v) is 11.5. The highest BCUT2D eigenvalue weighted by Crippen LogP contribution is 2.70. The first-order valence-corrected chi connectivity index (χ1v) is 24.8. The number of ether oxygens (including phenoxy) is 13. The molecule has 13 atom stereocenters. The molecule has 2 aromatic heterocycles. The maximum atomic E-state index is 15.3. The van der Waals surface area contributed by atoms with Crippen molar-refractivity contribution >= 4 is 53.7 Å². The van der Waals surface area contributed by atoms with E-state index in [1.165, 1.54) is 84.0 Å². The predicted octanol–water partition coefficient (Wildman–Crippen LogP) is 3.36. The standard InChI is InChI=1S/C54H62N2O23/c1-25-26(2)45(61)76-42-40(72-27(3)57)44(74-29(5)59)53(24-71-46(62)31-16-14-18-55-22-31)43(77-49(65)50(7,8)78-30(6)60)39(75-47(63)32-20-34(67-11)38(69-13)35(21-32)68-12)36-41(73-28(4)58)54(53,52(42,10)66)79-51(36,9)23-70-48(64)33-17-15-19-56-37(25)33/h14-22,25-26,36,39-44,66H,23-24H2,1-13H3/t25-,26-,36+,39+,40-,41+,42-,43+,44-,51-,52+,53+,54-/m0/s1. The van der Waals surface area contributed by atoms with Crippen molar-refractivity contribution in [3.8, 4) is 17.2 Å². The zero-order valence-electron chi connectivity index (χ0n) is 45.6. The molecule has 0 amide bonds. The lowest BCUT2D eigenvalue weighted by Crippen LogP contribution is -2.89. The molecular weight excluding hydrogens is 1040 g/mol. The van der Waals surface area contributed by atoms with Crippen molar-refractivity contribution in [2.24, 2.45) is 17.3 Å². The van der Waals surface area contributed by atoms with Crippen LogP contribution in [0.3, 0.4) is 0 Å². The second-order valence-electron chi connectivity index (χ2n) is 20.5. The van der Waals surface area contributed by atoms with Crippen LogP contribution in [0.5, 0.6) is 17.2 Å². The number of rotatable bonds is 14. The lowest BCUT2D eigenvalue weighted by Gasteiger charge is -2.67. The summed E-state index contributed by atoms with van der Waals surface area (Å²) in [6, 6.07) is 7.90. The number of cyclic esters (lactones) is 1. The van der Waals surface area contributed by atoms with E-state index in [1.54, 1.807) is 6.92 Å². The third-order valence-electron chi connectivity index (χ3n) is 14.9. The first-order valence-electron chi connectivity index (χ1n) is 24.8. The minimum Gasteiger partial charge on any atom is -0.493 e. The van der Waals surface area contributed by atoms with Crippen molar-refractivity contribution < 1.29 is 110 Å². The molecular formula is C54H62N2O23. The summed E-state index contributed by atoms with van der Waals surface area (Å²) in [5, 5.41) is 14.1. The van der Waals surface area contributed by atoms with Crippen LogP contribution in [0, 0.1) is 17.3 Å². The largest absolute Gasteiger partial charge is 0.493 e. The lowest BCUT2D eigenvalue weighted by molar-refractivity contribution is -0.386. The van der Waals surface area contributed by atoms with Gasteiger partial charge in [-0.2, -0.15) is 0 Å². The summed E-state index contributed by atoms with van der Waals surface area (Å²) in [5.74, 6) is -14.8. The van der Waals surface area contributed by atoms with E-state index in [4.69, 9.17) is 61.6 Å². The average Bonchev–Trinajstić information content (AvgIpc) is 3.22. The number of fused-ring (bicyclic) bond motifs is 5. The van der Waals surface area contributed by atoms with Gasteiger partial charge in [-0.05, 0) is 64.1 Å².